The molecule has 0 aliphatic carbocycles. The number of primary amides is 1. The Morgan fingerprint density at radius 1 is 1.07 bits per heavy atom. The second-order valence-electron chi connectivity index (χ2n) is 6.27. The number of hydrogen-bond donors (Lipinski definition) is 2. The summed E-state index contributed by atoms with van der Waals surface area (Å²) in [6.07, 6.45) is 2.38. The largest absolute Gasteiger partial charge is 0.371 e. The van der Waals surface area contributed by atoms with Crippen molar-refractivity contribution in [1.29, 1.82) is 0 Å². The smallest absolute Gasteiger partial charge is 0.250 e. The van der Waals surface area contributed by atoms with Gasteiger partial charge >= 0.3 is 0 Å². The highest BCUT2D eigenvalue weighted by molar-refractivity contribution is 9.10. The number of fused-ring (bicyclic) bond motifs is 1. The lowest BCUT2D eigenvalue weighted by atomic mass is 10.1. The Morgan fingerprint density at radius 2 is 1.81 bits per heavy atom. The number of aromatic amines is 1. The third-order valence-corrected chi connectivity index (χ3v) is 5.08. The third-order valence-electron chi connectivity index (χ3n) is 4.36. The summed E-state index contributed by atoms with van der Waals surface area (Å²) < 4.78 is 0.888. The van der Waals surface area contributed by atoms with E-state index in [-0.39, 0.29) is 11.5 Å². The molecule has 0 radical (unpaired) electrons. The molecule has 2 aromatic carbocycles. The maximum Gasteiger partial charge on any atom is 0.250 e. The van der Waals surface area contributed by atoms with E-state index in [1.165, 1.54) is 18.9 Å². The lowest BCUT2D eigenvalue weighted by Crippen LogP contribution is -2.23. The lowest BCUT2D eigenvalue weighted by Gasteiger charge is -2.20. The maximum atomic E-state index is 11.3. The number of rotatable bonds is 2. The first-order valence-corrected chi connectivity index (χ1v) is 9.74. The molecule has 0 spiro atoms. The van der Waals surface area contributed by atoms with Crippen LogP contribution < -0.4 is 16.2 Å². The number of hydrogen-bond acceptors (Lipinski definition) is 3. The van der Waals surface area contributed by atoms with Crippen molar-refractivity contribution in [2.24, 2.45) is 5.73 Å². The van der Waals surface area contributed by atoms with E-state index in [1.54, 1.807) is 24.3 Å². The van der Waals surface area contributed by atoms with Crippen LogP contribution in [0, 0.1) is 0 Å². The van der Waals surface area contributed by atoms with Gasteiger partial charge in [-0.05, 0) is 60.7 Å². The van der Waals surface area contributed by atoms with Gasteiger partial charge in [0, 0.05) is 39.9 Å². The normalized spacial score (nSPS) is 13.3. The van der Waals surface area contributed by atoms with Gasteiger partial charge in [0.05, 0.1) is 5.56 Å². The van der Waals surface area contributed by atoms with Crippen molar-refractivity contribution < 1.29 is 4.79 Å². The Kier molecular flexibility index (Phi) is 6.19. The fourth-order valence-electron chi connectivity index (χ4n) is 3.06. The van der Waals surface area contributed by atoms with E-state index in [0.29, 0.717) is 10.6 Å². The first-order chi connectivity index (χ1) is 12.9. The van der Waals surface area contributed by atoms with Crippen LogP contribution in [-0.4, -0.2) is 24.0 Å². The average Bonchev–Trinajstić information content (AvgIpc) is 3.17. The summed E-state index contributed by atoms with van der Waals surface area (Å²) in [5.41, 5.74) is 7.65. The summed E-state index contributed by atoms with van der Waals surface area (Å²) in [7, 11) is 0. The van der Waals surface area contributed by atoms with E-state index < -0.39 is 0 Å². The predicted octanol–water partition coefficient (Wildman–Crippen LogP) is 4.33. The Hall–Kier alpha value is -2.31. The molecule has 0 atom stereocenters. The molecule has 0 unspecified atom stereocenters. The van der Waals surface area contributed by atoms with Crippen molar-refractivity contribution in [3.63, 3.8) is 0 Å². The van der Waals surface area contributed by atoms with Gasteiger partial charge in [0.25, 0.3) is 5.91 Å². The van der Waals surface area contributed by atoms with Gasteiger partial charge in [0.1, 0.15) is 0 Å². The van der Waals surface area contributed by atoms with Gasteiger partial charge in [-0.25, -0.2) is 0 Å². The molecule has 140 valence electrons. The molecule has 3 N–H and O–H groups in total. The van der Waals surface area contributed by atoms with E-state index in [9.17, 15) is 9.59 Å². The van der Waals surface area contributed by atoms with Gasteiger partial charge in [-0.3, -0.25) is 9.59 Å². The zero-order chi connectivity index (χ0) is 19.4. The Morgan fingerprint density at radius 3 is 2.52 bits per heavy atom. The van der Waals surface area contributed by atoms with Crippen molar-refractivity contribution in [2.45, 2.75) is 12.8 Å². The fourth-order valence-corrected chi connectivity index (χ4v) is 3.61. The van der Waals surface area contributed by atoms with Gasteiger partial charge in [-0.2, -0.15) is 0 Å². The van der Waals surface area contributed by atoms with Crippen molar-refractivity contribution in [3.05, 3.63) is 73.9 Å². The second-order valence-corrected chi connectivity index (χ2v) is 7.63. The molecule has 0 saturated carbocycles. The molecule has 4 rings (SSSR count). The van der Waals surface area contributed by atoms with Gasteiger partial charge in [0.15, 0.2) is 0 Å². The number of nitrogens with two attached hydrogens (primary N) is 1. The average molecular weight is 449 g/mol. The number of halogens is 2. The van der Waals surface area contributed by atoms with Crippen LogP contribution in [0.25, 0.3) is 10.9 Å². The number of aromatic nitrogens is 1. The number of nitrogens with zero attached hydrogens (tertiary/aromatic N) is 1. The summed E-state index contributed by atoms with van der Waals surface area (Å²) in [5.74, 6) is -0.363. The zero-order valence-corrected chi connectivity index (χ0v) is 16.9. The van der Waals surface area contributed by atoms with Crippen LogP contribution in [-0.2, 0) is 0 Å². The lowest BCUT2D eigenvalue weighted by molar-refractivity contribution is 0.100. The summed E-state index contributed by atoms with van der Waals surface area (Å²) in [5, 5.41) is 1.62. The molecular weight excluding hydrogens is 430 g/mol. The molecule has 1 aliphatic heterocycles. The molecule has 0 bridgehead atoms. The van der Waals surface area contributed by atoms with Gasteiger partial charge < -0.3 is 15.6 Å². The SMILES string of the molecule is NC(=O)c1cc(Br)ccc1N1CCCC1.O=c1ccc2cc(Cl)ccc2[nH]1. The minimum Gasteiger partial charge on any atom is -0.371 e. The van der Waals surface area contributed by atoms with Crippen molar-refractivity contribution in [1.82, 2.24) is 4.98 Å². The number of amides is 1. The number of anilines is 1. The number of nitrogens with one attached hydrogen (secondary N) is 1. The highest BCUT2D eigenvalue weighted by atomic mass is 79.9. The summed E-state index contributed by atoms with van der Waals surface area (Å²) in [4.78, 5) is 27.1. The Balaban J connectivity index is 0.000000159. The molecule has 7 heteroatoms. The second kappa shape index (κ2) is 8.59. The van der Waals surface area contributed by atoms with Gasteiger partial charge in [-0.15, -0.1) is 0 Å². The fraction of sp³-hybridized carbons (Fsp3) is 0.200. The van der Waals surface area contributed by atoms with Crippen molar-refractivity contribution in [3.8, 4) is 0 Å². The van der Waals surface area contributed by atoms with Crippen LogP contribution >= 0.6 is 27.5 Å². The van der Waals surface area contributed by atoms with Crippen LogP contribution in [0.2, 0.25) is 5.02 Å². The van der Waals surface area contributed by atoms with E-state index in [1.807, 2.05) is 18.2 Å². The molecule has 27 heavy (non-hydrogen) atoms. The van der Waals surface area contributed by atoms with E-state index in [4.69, 9.17) is 17.3 Å². The predicted molar refractivity (Wildman–Crippen MR) is 114 cm³/mol. The van der Waals surface area contributed by atoms with Crippen LogP contribution in [0.15, 0.2) is 57.8 Å². The number of carbonyl (C=O) groups excluding carboxylic acids is 1. The quantitative estimate of drug-likeness (QED) is 0.612. The highest BCUT2D eigenvalue weighted by Gasteiger charge is 2.18. The van der Waals surface area contributed by atoms with Crippen LogP contribution in [0.3, 0.4) is 0 Å². The zero-order valence-electron chi connectivity index (χ0n) is 14.5. The minimum atomic E-state index is -0.363. The molecular formula is C20H19BrClN3O2. The number of pyridine rings is 1. The molecule has 3 aromatic rings. The summed E-state index contributed by atoms with van der Waals surface area (Å²) in [6.45, 7) is 2.03. The molecule has 1 aromatic heterocycles. The first kappa shape index (κ1) is 19.5. The van der Waals surface area contributed by atoms with Gasteiger partial charge in [0.2, 0.25) is 5.56 Å². The van der Waals surface area contributed by atoms with Crippen molar-refractivity contribution in [2.75, 3.05) is 18.0 Å². The molecule has 2 heterocycles. The topological polar surface area (TPSA) is 79.2 Å². The monoisotopic (exact) mass is 447 g/mol. The number of carbonyl (C=O) groups is 1. The molecule has 1 saturated heterocycles. The first-order valence-electron chi connectivity index (χ1n) is 8.57. The molecule has 1 fully saturated rings. The van der Waals surface area contributed by atoms with E-state index in [0.717, 1.165) is 34.2 Å². The highest BCUT2D eigenvalue weighted by Crippen LogP contribution is 2.27. The minimum absolute atomic E-state index is 0.0928. The number of H-pyrrole nitrogens is 1. The van der Waals surface area contributed by atoms with Gasteiger partial charge in [-0.1, -0.05) is 27.5 Å². The maximum absolute atomic E-state index is 11.3. The summed E-state index contributed by atoms with van der Waals surface area (Å²) >= 11 is 9.11. The van der Waals surface area contributed by atoms with Crippen molar-refractivity contribution >= 4 is 50.0 Å². The molecule has 1 aliphatic rings. The third kappa shape index (κ3) is 4.90. The Labute approximate surface area is 170 Å². The Bertz CT molecular complexity index is 1030. The van der Waals surface area contributed by atoms with E-state index in [2.05, 4.69) is 25.8 Å². The van der Waals surface area contributed by atoms with Crippen LogP contribution in [0.1, 0.15) is 23.2 Å². The number of benzene rings is 2. The van der Waals surface area contributed by atoms with Crippen LogP contribution in [0.4, 0.5) is 5.69 Å². The summed E-state index contributed by atoms with van der Waals surface area (Å²) in [6, 6.07) is 14.3. The van der Waals surface area contributed by atoms with Crippen LogP contribution in [0.5, 0.6) is 0 Å². The standard InChI is InChI=1S/C11H13BrN2O.C9H6ClNO/c12-8-3-4-10(9(7-8)11(13)15)14-5-1-2-6-14;10-7-2-3-8-6(5-7)1-4-9(12)11-8/h3-4,7H,1-2,5-6H2,(H2,13,15);1-5H,(H,11,12). The van der Waals surface area contributed by atoms with E-state index >= 15 is 0 Å². The molecule has 1 amide bonds. The molecule has 5 nitrogen and oxygen atoms in total.